The molecule has 134 valence electrons. The van der Waals surface area contributed by atoms with E-state index in [1.165, 1.54) is 12.1 Å². The van der Waals surface area contributed by atoms with Gasteiger partial charge in [-0.3, -0.25) is 9.69 Å². The molecule has 2 N–H and O–H groups in total. The van der Waals surface area contributed by atoms with Crippen molar-refractivity contribution in [2.45, 2.75) is 32.8 Å². The van der Waals surface area contributed by atoms with Crippen LogP contribution in [-0.4, -0.2) is 40.4 Å². The average Bonchev–Trinajstić information content (AvgIpc) is 2.94. The maximum atomic E-state index is 13.0. The number of piperidine rings is 1. The molecular formula is C20H25FN2O2. The Hall–Kier alpha value is -1.98. The van der Waals surface area contributed by atoms with Gasteiger partial charge in [0.15, 0.2) is 5.78 Å². The van der Waals surface area contributed by atoms with Crippen LogP contribution in [0.1, 0.15) is 46.3 Å². The lowest BCUT2D eigenvalue weighted by Gasteiger charge is -2.34. The van der Waals surface area contributed by atoms with E-state index in [0.29, 0.717) is 6.54 Å². The average molecular weight is 344 g/mol. The predicted molar refractivity (Wildman–Crippen MR) is 95.1 cm³/mol. The van der Waals surface area contributed by atoms with Crippen molar-refractivity contribution in [3.8, 4) is 0 Å². The number of rotatable bonds is 5. The number of hydrogen-bond donors (Lipinski definition) is 2. The number of likely N-dealkylation sites (tertiary alicyclic amines) is 1. The van der Waals surface area contributed by atoms with E-state index in [1.807, 2.05) is 19.9 Å². The Labute approximate surface area is 147 Å². The van der Waals surface area contributed by atoms with Crippen LogP contribution in [0, 0.1) is 25.6 Å². The molecule has 1 aliphatic heterocycles. The number of ketones is 1. The van der Waals surface area contributed by atoms with Crippen molar-refractivity contribution in [2.75, 3.05) is 19.6 Å². The van der Waals surface area contributed by atoms with Gasteiger partial charge >= 0.3 is 0 Å². The van der Waals surface area contributed by atoms with Gasteiger partial charge in [-0.15, -0.1) is 0 Å². The predicted octanol–water partition coefficient (Wildman–Crippen LogP) is 3.40. The van der Waals surface area contributed by atoms with Gasteiger partial charge in [-0.25, -0.2) is 4.39 Å². The molecule has 0 radical (unpaired) electrons. The lowest BCUT2D eigenvalue weighted by Crippen LogP contribution is -2.38. The summed E-state index contributed by atoms with van der Waals surface area (Å²) >= 11 is 0. The number of aliphatic hydroxyl groups is 1. The summed E-state index contributed by atoms with van der Waals surface area (Å²) in [5, 5.41) is 10.5. The van der Waals surface area contributed by atoms with Crippen molar-refractivity contribution in [2.24, 2.45) is 5.92 Å². The van der Waals surface area contributed by atoms with Crippen molar-refractivity contribution >= 4 is 5.78 Å². The van der Waals surface area contributed by atoms with Crippen molar-refractivity contribution in [3.63, 3.8) is 0 Å². The molecule has 1 aromatic carbocycles. The second-order valence-electron chi connectivity index (χ2n) is 7.02. The highest BCUT2D eigenvalue weighted by Crippen LogP contribution is 2.30. The normalized spacial score (nSPS) is 17.6. The summed E-state index contributed by atoms with van der Waals surface area (Å²) in [5.74, 6) is -0.00740. The van der Waals surface area contributed by atoms with Crippen LogP contribution in [0.5, 0.6) is 0 Å². The fourth-order valence-electron chi connectivity index (χ4n) is 3.66. The second-order valence-corrected chi connectivity index (χ2v) is 7.02. The van der Waals surface area contributed by atoms with Gasteiger partial charge in [0, 0.05) is 17.0 Å². The lowest BCUT2D eigenvalue weighted by molar-refractivity contribution is 0.0563. The van der Waals surface area contributed by atoms with Gasteiger partial charge < -0.3 is 10.1 Å². The van der Waals surface area contributed by atoms with E-state index in [-0.39, 0.29) is 17.5 Å². The molecule has 3 rings (SSSR count). The van der Waals surface area contributed by atoms with Crippen molar-refractivity contribution in [1.82, 2.24) is 9.88 Å². The fourth-order valence-corrected chi connectivity index (χ4v) is 3.66. The largest absolute Gasteiger partial charge is 0.388 e. The molecule has 25 heavy (non-hydrogen) atoms. The Kier molecular flexibility index (Phi) is 5.35. The molecule has 5 heteroatoms. The van der Waals surface area contributed by atoms with Gasteiger partial charge in [-0.1, -0.05) is 12.1 Å². The van der Waals surface area contributed by atoms with Gasteiger partial charge in [0.1, 0.15) is 5.82 Å². The van der Waals surface area contributed by atoms with Crippen LogP contribution in [0.15, 0.2) is 30.3 Å². The van der Waals surface area contributed by atoms with E-state index in [1.54, 1.807) is 12.1 Å². The summed E-state index contributed by atoms with van der Waals surface area (Å²) in [5.41, 5.74) is 3.45. The van der Waals surface area contributed by atoms with Crippen LogP contribution >= 0.6 is 0 Å². The smallest absolute Gasteiger partial charge is 0.178 e. The molecule has 0 bridgehead atoms. The third-order valence-electron chi connectivity index (χ3n) is 5.11. The quantitative estimate of drug-likeness (QED) is 0.818. The molecule has 1 atom stereocenters. The highest BCUT2D eigenvalue weighted by atomic mass is 19.1. The number of Topliss-reactive ketones (excluding diaryl/α,β-unsaturated/α-hetero) is 1. The van der Waals surface area contributed by atoms with E-state index in [0.717, 1.165) is 48.4 Å². The molecule has 0 aliphatic carbocycles. The molecule has 2 heterocycles. The van der Waals surface area contributed by atoms with Gasteiger partial charge in [0.2, 0.25) is 0 Å². The SMILES string of the molecule is Cc1cc(C(=O)CN2CCC(C(O)c3ccc(F)cc3)CC2)c(C)[nH]1. The van der Waals surface area contributed by atoms with E-state index >= 15 is 0 Å². The minimum Gasteiger partial charge on any atom is -0.388 e. The standard InChI is InChI=1S/C20H25FN2O2/c1-13-11-18(14(2)22-13)19(24)12-23-9-7-16(8-10-23)20(25)15-3-5-17(21)6-4-15/h3-6,11,16,20,22,25H,7-10,12H2,1-2H3. The van der Waals surface area contributed by atoms with Crippen LogP contribution in [0.3, 0.4) is 0 Å². The zero-order chi connectivity index (χ0) is 18.0. The Morgan fingerprint density at radius 1 is 1.28 bits per heavy atom. The molecule has 0 spiro atoms. The Balaban J connectivity index is 1.54. The topological polar surface area (TPSA) is 56.3 Å². The molecule has 1 saturated heterocycles. The van der Waals surface area contributed by atoms with Gasteiger partial charge in [0.05, 0.1) is 12.6 Å². The number of aryl methyl sites for hydroxylation is 2. The maximum Gasteiger partial charge on any atom is 0.178 e. The number of nitrogens with zero attached hydrogens (tertiary/aromatic N) is 1. The van der Waals surface area contributed by atoms with E-state index in [9.17, 15) is 14.3 Å². The van der Waals surface area contributed by atoms with Crippen LogP contribution < -0.4 is 0 Å². The summed E-state index contributed by atoms with van der Waals surface area (Å²) in [6.07, 6.45) is 1.08. The third-order valence-corrected chi connectivity index (χ3v) is 5.11. The molecule has 1 aromatic heterocycles. The molecular weight excluding hydrogens is 319 g/mol. The summed E-state index contributed by atoms with van der Waals surface area (Å²) in [6.45, 7) is 5.86. The molecule has 1 unspecified atom stereocenters. The molecule has 0 amide bonds. The van der Waals surface area contributed by atoms with Crippen LogP contribution in [-0.2, 0) is 0 Å². The van der Waals surface area contributed by atoms with Crippen molar-refractivity contribution in [3.05, 3.63) is 58.7 Å². The van der Waals surface area contributed by atoms with Gasteiger partial charge in [-0.2, -0.15) is 0 Å². The van der Waals surface area contributed by atoms with Crippen molar-refractivity contribution in [1.29, 1.82) is 0 Å². The highest BCUT2D eigenvalue weighted by molar-refractivity contribution is 5.98. The Morgan fingerprint density at radius 3 is 2.48 bits per heavy atom. The first-order chi connectivity index (χ1) is 11.9. The number of aromatic amines is 1. The Morgan fingerprint density at radius 2 is 1.92 bits per heavy atom. The maximum absolute atomic E-state index is 13.0. The monoisotopic (exact) mass is 344 g/mol. The first kappa shape index (κ1) is 17.8. The molecule has 2 aromatic rings. The first-order valence-electron chi connectivity index (χ1n) is 8.79. The number of carbonyl (C=O) groups excluding carboxylic acids is 1. The number of H-pyrrole nitrogens is 1. The number of hydrogen-bond acceptors (Lipinski definition) is 3. The van der Waals surface area contributed by atoms with E-state index < -0.39 is 6.10 Å². The summed E-state index contributed by atoms with van der Waals surface area (Å²) in [7, 11) is 0. The minimum absolute atomic E-state index is 0.138. The van der Waals surface area contributed by atoms with Crippen LogP contribution in [0.25, 0.3) is 0 Å². The Bertz CT molecular complexity index is 731. The number of halogens is 1. The van der Waals surface area contributed by atoms with Crippen molar-refractivity contribution < 1.29 is 14.3 Å². The second kappa shape index (κ2) is 7.50. The molecule has 4 nitrogen and oxygen atoms in total. The zero-order valence-electron chi connectivity index (χ0n) is 14.8. The zero-order valence-corrected chi connectivity index (χ0v) is 14.8. The van der Waals surface area contributed by atoms with E-state index in [4.69, 9.17) is 0 Å². The van der Waals surface area contributed by atoms with Crippen LogP contribution in [0.2, 0.25) is 0 Å². The molecule has 0 saturated carbocycles. The molecule has 1 aliphatic rings. The summed E-state index contributed by atoms with van der Waals surface area (Å²) in [4.78, 5) is 17.8. The van der Waals surface area contributed by atoms with E-state index in [2.05, 4.69) is 9.88 Å². The number of aliphatic hydroxyl groups excluding tert-OH is 1. The number of benzene rings is 1. The van der Waals surface area contributed by atoms with Gasteiger partial charge in [-0.05, 0) is 69.5 Å². The van der Waals surface area contributed by atoms with Gasteiger partial charge in [0.25, 0.3) is 0 Å². The lowest BCUT2D eigenvalue weighted by atomic mass is 9.87. The summed E-state index contributed by atoms with van der Waals surface area (Å²) < 4.78 is 13.0. The molecule has 1 fully saturated rings. The number of nitrogens with one attached hydrogen (secondary N) is 1. The highest BCUT2D eigenvalue weighted by Gasteiger charge is 2.27. The minimum atomic E-state index is -0.576. The van der Waals surface area contributed by atoms with Crippen LogP contribution in [0.4, 0.5) is 4.39 Å². The first-order valence-corrected chi connectivity index (χ1v) is 8.79. The third kappa shape index (κ3) is 4.17. The number of carbonyl (C=O) groups is 1. The fraction of sp³-hybridized carbons (Fsp3) is 0.450. The summed E-state index contributed by atoms with van der Waals surface area (Å²) in [6, 6.07) is 7.96. The number of aromatic nitrogens is 1.